The van der Waals surface area contributed by atoms with Crippen molar-refractivity contribution in [2.75, 3.05) is 40.1 Å². The van der Waals surface area contributed by atoms with Gasteiger partial charge in [-0.05, 0) is 62.3 Å². The second-order valence-corrected chi connectivity index (χ2v) is 9.62. The van der Waals surface area contributed by atoms with Crippen molar-refractivity contribution in [3.8, 4) is 11.5 Å². The van der Waals surface area contributed by atoms with Crippen molar-refractivity contribution in [3.63, 3.8) is 0 Å². The molecular weight excluding hydrogens is 414 g/mol. The van der Waals surface area contributed by atoms with Crippen LogP contribution in [0.4, 0.5) is 0 Å². The standard InChI is InChI=1S/C23H35N3O4S/c1-19(13-14-24-2)25-15-16-31(27,28)26(17-20-5-9-22(29-3)10-6-20)18-21-7-11-23(30-4)12-8-21/h5-12,19,24-25H,13-18H2,1-4H3/t19-/m0/s1. The van der Waals surface area contributed by atoms with E-state index in [1.807, 2.05) is 55.6 Å². The molecule has 7 nitrogen and oxygen atoms in total. The Bertz CT molecular complexity index is 821. The quantitative estimate of drug-likeness (QED) is 0.462. The normalized spacial score (nSPS) is 12.7. The van der Waals surface area contributed by atoms with Gasteiger partial charge in [-0.3, -0.25) is 0 Å². The van der Waals surface area contributed by atoms with E-state index in [2.05, 4.69) is 17.6 Å². The van der Waals surface area contributed by atoms with Crippen LogP contribution < -0.4 is 20.1 Å². The Morgan fingerprint density at radius 3 is 1.77 bits per heavy atom. The Labute approximate surface area is 186 Å². The molecule has 0 aliphatic heterocycles. The van der Waals surface area contributed by atoms with Crippen molar-refractivity contribution in [3.05, 3.63) is 59.7 Å². The number of ether oxygens (including phenoxy) is 2. The van der Waals surface area contributed by atoms with Crippen LogP contribution in [0.1, 0.15) is 24.5 Å². The molecule has 0 heterocycles. The Hall–Kier alpha value is -2.13. The van der Waals surface area contributed by atoms with Gasteiger partial charge in [-0.25, -0.2) is 8.42 Å². The summed E-state index contributed by atoms with van der Waals surface area (Å²) in [6.45, 7) is 3.97. The molecule has 0 fully saturated rings. The molecule has 0 aromatic heterocycles. The molecule has 2 aromatic carbocycles. The molecular formula is C23H35N3O4S. The Kier molecular flexibility index (Phi) is 10.3. The minimum absolute atomic E-state index is 0.0448. The molecule has 2 aromatic rings. The van der Waals surface area contributed by atoms with E-state index in [1.165, 1.54) is 4.31 Å². The molecule has 172 valence electrons. The predicted octanol–water partition coefficient (Wildman–Crippen LogP) is 2.62. The summed E-state index contributed by atoms with van der Waals surface area (Å²) >= 11 is 0. The van der Waals surface area contributed by atoms with Gasteiger partial charge in [0.2, 0.25) is 10.0 Å². The first-order valence-corrected chi connectivity index (χ1v) is 12.1. The molecule has 0 radical (unpaired) electrons. The number of sulfonamides is 1. The number of benzene rings is 2. The van der Waals surface area contributed by atoms with Crippen molar-refractivity contribution < 1.29 is 17.9 Å². The highest BCUT2D eigenvalue weighted by Gasteiger charge is 2.23. The first-order valence-electron chi connectivity index (χ1n) is 10.5. The monoisotopic (exact) mass is 449 g/mol. The van der Waals surface area contributed by atoms with E-state index in [1.54, 1.807) is 14.2 Å². The Morgan fingerprint density at radius 1 is 0.871 bits per heavy atom. The molecule has 0 aliphatic rings. The number of methoxy groups -OCH3 is 2. The number of hydrogen-bond acceptors (Lipinski definition) is 6. The van der Waals surface area contributed by atoms with Gasteiger partial charge >= 0.3 is 0 Å². The van der Waals surface area contributed by atoms with Crippen molar-refractivity contribution in [1.29, 1.82) is 0 Å². The van der Waals surface area contributed by atoms with Gasteiger partial charge in [0.25, 0.3) is 0 Å². The van der Waals surface area contributed by atoms with Gasteiger partial charge in [0, 0.05) is 25.7 Å². The summed E-state index contributed by atoms with van der Waals surface area (Å²) in [6.07, 6.45) is 0.942. The van der Waals surface area contributed by atoms with Crippen LogP contribution in [0.25, 0.3) is 0 Å². The van der Waals surface area contributed by atoms with Crippen LogP contribution in [0.3, 0.4) is 0 Å². The Morgan fingerprint density at radius 2 is 1.35 bits per heavy atom. The third-order valence-electron chi connectivity index (χ3n) is 5.11. The van der Waals surface area contributed by atoms with Gasteiger partial charge in [-0.2, -0.15) is 4.31 Å². The fourth-order valence-corrected chi connectivity index (χ4v) is 4.47. The minimum Gasteiger partial charge on any atom is -0.497 e. The molecule has 2 N–H and O–H groups in total. The van der Waals surface area contributed by atoms with E-state index in [9.17, 15) is 8.42 Å². The van der Waals surface area contributed by atoms with E-state index in [-0.39, 0.29) is 11.8 Å². The van der Waals surface area contributed by atoms with Crippen LogP contribution in [0.5, 0.6) is 11.5 Å². The van der Waals surface area contributed by atoms with Gasteiger partial charge in [-0.15, -0.1) is 0 Å². The summed E-state index contributed by atoms with van der Waals surface area (Å²) < 4.78 is 38.4. The lowest BCUT2D eigenvalue weighted by atomic mass is 10.2. The number of rotatable bonds is 14. The van der Waals surface area contributed by atoms with Crippen LogP contribution in [0.15, 0.2) is 48.5 Å². The highest BCUT2D eigenvalue weighted by molar-refractivity contribution is 7.89. The maximum absolute atomic E-state index is 13.2. The minimum atomic E-state index is -3.47. The predicted molar refractivity (Wildman–Crippen MR) is 125 cm³/mol. The average molecular weight is 450 g/mol. The summed E-state index contributed by atoms with van der Waals surface area (Å²) in [5.41, 5.74) is 1.82. The van der Waals surface area contributed by atoms with Gasteiger partial charge in [0.05, 0.1) is 20.0 Å². The fraction of sp³-hybridized carbons (Fsp3) is 0.478. The van der Waals surface area contributed by atoms with Gasteiger partial charge in [0.1, 0.15) is 11.5 Å². The molecule has 2 rings (SSSR count). The molecule has 0 saturated heterocycles. The zero-order valence-electron chi connectivity index (χ0n) is 18.9. The van der Waals surface area contributed by atoms with Gasteiger partial charge in [-0.1, -0.05) is 24.3 Å². The maximum Gasteiger partial charge on any atom is 0.215 e. The molecule has 0 amide bonds. The highest BCUT2D eigenvalue weighted by atomic mass is 32.2. The van der Waals surface area contributed by atoms with Crippen molar-refractivity contribution >= 4 is 10.0 Å². The van der Waals surface area contributed by atoms with Crippen LogP contribution in [0, 0.1) is 0 Å². The van der Waals surface area contributed by atoms with Crippen molar-refractivity contribution in [2.45, 2.75) is 32.5 Å². The van der Waals surface area contributed by atoms with E-state index < -0.39 is 10.0 Å². The summed E-state index contributed by atoms with van der Waals surface area (Å²) in [5, 5.41) is 6.42. The molecule has 0 saturated carbocycles. The largest absolute Gasteiger partial charge is 0.497 e. The summed E-state index contributed by atoms with van der Waals surface area (Å²) in [4.78, 5) is 0. The molecule has 0 unspecified atom stereocenters. The van der Waals surface area contributed by atoms with E-state index in [0.29, 0.717) is 19.6 Å². The third-order valence-corrected chi connectivity index (χ3v) is 6.87. The van der Waals surface area contributed by atoms with Gasteiger partial charge in [0.15, 0.2) is 0 Å². The number of hydrogen-bond donors (Lipinski definition) is 2. The molecule has 0 spiro atoms. The van der Waals surface area contributed by atoms with Crippen LogP contribution in [0.2, 0.25) is 0 Å². The molecule has 31 heavy (non-hydrogen) atoms. The smallest absolute Gasteiger partial charge is 0.215 e. The maximum atomic E-state index is 13.2. The molecule has 0 aliphatic carbocycles. The zero-order valence-corrected chi connectivity index (χ0v) is 19.7. The fourth-order valence-electron chi connectivity index (χ4n) is 3.15. The summed E-state index contributed by atoms with van der Waals surface area (Å²) in [6, 6.07) is 15.2. The second kappa shape index (κ2) is 12.7. The zero-order chi connectivity index (χ0) is 22.7. The summed E-state index contributed by atoms with van der Waals surface area (Å²) in [5.74, 6) is 1.53. The SMILES string of the molecule is CNCC[C@H](C)NCCS(=O)(=O)N(Cc1ccc(OC)cc1)Cc1ccc(OC)cc1. The molecule has 8 heteroatoms. The second-order valence-electron chi connectivity index (χ2n) is 7.53. The van der Waals surface area contributed by atoms with Gasteiger partial charge < -0.3 is 20.1 Å². The number of nitrogens with zero attached hydrogens (tertiary/aromatic N) is 1. The lowest BCUT2D eigenvalue weighted by Gasteiger charge is -2.23. The first-order chi connectivity index (χ1) is 14.9. The first kappa shape index (κ1) is 25.1. The summed E-state index contributed by atoms with van der Waals surface area (Å²) in [7, 11) is 1.66. The molecule has 0 bridgehead atoms. The number of nitrogens with one attached hydrogen (secondary N) is 2. The lowest BCUT2D eigenvalue weighted by molar-refractivity contribution is 0.396. The third kappa shape index (κ3) is 8.49. The lowest BCUT2D eigenvalue weighted by Crippen LogP contribution is -2.38. The van der Waals surface area contributed by atoms with E-state index >= 15 is 0 Å². The van der Waals surface area contributed by atoms with Crippen molar-refractivity contribution in [1.82, 2.24) is 14.9 Å². The molecule has 1 atom stereocenters. The van der Waals surface area contributed by atoms with Crippen LogP contribution >= 0.6 is 0 Å². The Balaban J connectivity index is 2.11. The van der Waals surface area contributed by atoms with Crippen LogP contribution in [-0.2, 0) is 23.1 Å². The highest BCUT2D eigenvalue weighted by Crippen LogP contribution is 2.19. The topological polar surface area (TPSA) is 79.9 Å². The van der Waals surface area contributed by atoms with Crippen molar-refractivity contribution in [2.24, 2.45) is 0 Å². The van der Waals surface area contributed by atoms with E-state index in [4.69, 9.17) is 9.47 Å². The van der Waals surface area contributed by atoms with E-state index in [0.717, 1.165) is 35.6 Å². The average Bonchev–Trinajstić information content (AvgIpc) is 2.78. The van der Waals surface area contributed by atoms with Crippen LogP contribution in [-0.4, -0.2) is 58.9 Å².